The number of nitrogens with one attached hydrogen (secondary N) is 2. The Morgan fingerprint density at radius 2 is 1.69 bits per heavy atom. The molecule has 2 N–H and O–H groups in total. The van der Waals surface area contributed by atoms with Gasteiger partial charge in [0.25, 0.3) is 0 Å². The van der Waals surface area contributed by atoms with Crippen LogP contribution in [0, 0.1) is 0 Å². The fourth-order valence-electron chi connectivity index (χ4n) is 4.66. The summed E-state index contributed by atoms with van der Waals surface area (Å²) >= 11 is 1.16. The molecule has 1 aliphatic carbocycles. The van der Waals surface area contributed by atoms with E-state index in [2.05, 4.69) is 20.8 Å². The smallest absolute Gasteiger partial charge is 0.416 e. The van der Waals surface area contributed by atoms with E-state index in [4.69, 9.17) is 4.74 Å². The molecule has 1 aromatic heterocycles. The third kappa shape index (κ3) is 8.88. The van der Waals surface area contributed by atoms with Crippen LogP contribution in [0.4, 0.5) is 18.0 Å². The lowest BCUT2D eigenvalue weighted by atomic mass is 9.91. The zero-order chi connectivity index (χ0) is 30.5. The van der Waals surface area contributed by atoms with Gasteiger partial charge in [-0.3, -0.25) is 4.79 Å². The first-order valence-corrected chi connectivity index (χ1v) is 14.7. The van der Waals surface area contributed by atoms with Gasteiger partial charge in [-0.1, -0.05) is 41.7 Å². The highest BCUT2D eigenvalue weighted by Crippen LogP contribution is 2.38. The number of aromatic nitrogens is 2. The number of benzene rings is 2. The summed E-state index contributed by atoms with van der Waals surface area (Å²) in [4.78, 5) is 24.0. The monoisotopic (exact) mass is 600 g/mol. The summed E-state index contributed by atoms with van der Waals surface area (Å²) < 4.78 is 46.7. The Morgan fingerprint density at radius 1 is 1.00 bits per heavy atom. The topological polar surface area (TPSA) is 93.2 Å². The molecule has 0 spiro atoms. The maximum Gasteiger partial charge on any atom is 0.416 e. The predicted octanol–water partition coefficient (Wildman–Crippen LogP) is 7.63. The number of halogens is 3. The largest absolute Gasteiger partial charge is 0.444 e. The van der Waals surface area contributed by atoms with E-state index >= 15 is 0 Å². The van der Waals surface area contributed by atoms with Gasteiger partial charge >= 0.3 is 12.3 Å². The Bertz CT molecular complexity index is 1440. The standard InChI is InChI=1S/C31H35F3N4O3S/c1-19(39)36-26(14-20-10-12-21(13-11-20)18-35-29(40)41-30(2,3)4)28-38-37-27(42-28)24-15-23(22-8-6-5-7-9-22)16-25(17-24)31(32,33)34/h8,10-13,15-17,26H,5-7,9,14,18H2,1-4H3,(H,35,40)(H,36,39)/t26-/m0/s1. The Hall–Kier alpha value is -3.73. The van der Waals surface area contributed by atoms with E-state index in [1.54, 1.807) is 26.8 Å². The van der Waals surface area contributed by atoms with Crippen LogP contribution in [0.1, 0.15) is 86.7 Å². The van der Waals surface area contributed by atoms with E-state index in [-0.39, 0.29) is 5.91 Å². The van der Waals surface area contributed by atoms with Crippen molar-refractivity contribution in [2.45, 2.75) is 84.2 Å². The molecule has 0 saturated carbocycles. The molecule has 42 heavy (non-hydrogen) atoms. The molecular formula is C31H35F3N4O3S. The van der Waals surface area contributed by atoms with E-state index in [0.29, 0.717) is 34.1 Å². The normalized spacial score (nSPS) is 14.6. The van der Waals surface area contributed by atoms with E-state index in [1.165, 1.54) is 13.0 Å². The number of hydrogen-bond donors (Lipinski definition) is 2. The summed E-state index contributed by atoms with van der Waals surface area (Å²) in [5.41, 5.74) is 2.27. The SMILES string of the molecule is CC(=O)N[C@@H](Cc1ccc(CNC(=O)OC(C)(C)C)cc1)c1nnc(-c2cc(C3=CCCCC3)cc(C(F)(F)F)c2)s1. The average Bonchev–Trinajstić information content (AvgIpc) is 3.41. The number of rotatable bonds is 8. The van der Waals surface area contributed by atoms with Crippen molar-refractivity contribution in [1.29, 1.82) is 0 Å². The first kappa shape index (κ1) is 31.2. The van der Waals surface area contributed by atoms with Crippen LogP contribution >= 0.6 is 11.3 Å². The van der Waals surface area contributed by atoms with Gasteiger partial charge in [-0.2, -0.15) is 13.2 Å². The summed E-state index contributed by atoms with van der Waals surface area (Å²) in [5.74, 6) is -0.263. The molecule has 0 unspecified atom stereocenters. The highest BCUT2D eigenvalue weighted by molar-refractivity contribution is 7.14. The third-order valence-corrected chi connectivity index (χ3v) is 7.67. The second-order valence-electron chi connectivity index (χ2n) is 11.3. The van der Waals surface area contributed by atoms with Crippen LogP contribution < -0.4 is 10.6 Å². The average molecular weight is 601 g/mol. The number of hydrogen-bond acceptors (Lipinski definition) is 6. The van der Waals surface area contributed by atoms with Crippen molar-refractivity contribution in [3.63, 3.8) is 0 Å². The molecule has 0 fully saturated rings. The van der Waals surface area contributed by atoms with Gasteiger partial charge in [-0.25, -0.2) is 4.79 Å². The van der Waals surface area contributed by atoms with Gasteiger partial charge in [0.2, 0.25) is 5.91 Å². The maximum absolute atomic E-state index is 13.8. The number of alkyl carbamates (subject to hydrolysis) is 1. The molecule has 1 heterocycles. The van der Waals surface area contributed by atoms with E-state index in [0.717, 1.165) is 59.8 Å². The molecule has 1 aliphatic rings. The summed E-state index contributed by atoms with van der Waals surface area (Å²) in [5, 5.41) is 14.9. The first-order chi connectivity index (χ1) is 19.8. The van der Waals surface area contributed by atoms with Crippen molar-refractivity contribution in [2.75, 3.05) is 0 Å². The highest BCUT2D eigenvalue weighted by Gasteiger charge is 2.32. The van der Waals surface area contributed by atoms with Crippen molar-refractivity contribution in [1.82, 2.24) is 20.8 Å². The molecule has 2 amide bonds. The van der Waals surface area contributed by atoms with Crippen molar-refractivity contribution < 1.29 is 27.5 Å². The Kier molecular flexibility index (Phi) is 9.71. The molecule has 1 atom stereocenters. The molecule has 3 aromatic rings. The summed E-state index contributed by atoms with van der Waals surface area (Å²) in [6.07, 6.45) is 0.972. The third-order valence-electron chi connectivity index (χ3n) is 6.58. The second-order valence-corrected chi connectivity index (χ2v) is 12.4. The summed E-state index contributed by atoms with van der Waals surface area (Å²) in [6.45, 7) is 7.07. The fraction of sp³-hybridized carbons (Fsp3) is 0.419. The fourth-order valence-corrected chi connectivity index (χ4v) is 5.54. The molecule has 0 aliphatic heterocycles. The van der Waals surface area contributed by atoms with Gasteiger partial charge in [0.05, 0.1) is 11.6 Å². The van der Waals surface area contributed by atoms with Crippen LogP contribution in [0.15, 0.2) is 48.5 Å². The number of amides is 2. The zero-order valence-corrected chi connectivity index (χ0v) is 24.9. The van der Waals surface area contributed by atoms with Crippen LogP contribution in [0.5, 0.6) is 0 Å². The molecule has 7 nitrogen and oxygen atoms in total. The van der Waals surface area contributed by atoms with Crippen molar-refractivity contribution in [3.8, 4) is 10.6 Å². The minimum atomic E-state index is -4.50. The van der Waals surface area contributed by atoms with Crippen LogP contribution in [0.2, 0.25) is 0 Å². The van der Waals surface area contributed by atoms with Crippen LogP contribution in [0.3, 0.4) is 0 Å². The van der Waals surface area contributed by atoms with Gasteiger partial charge in [0.15, 0.2) is 0 Å². The number of carbonyl (C=O) groups excluding carboxylic acids is 2. The Morgan fingerprint density at radius 3 is 2.31 bits per heavy atom. The lowest BCUT2D eigenvalue weighted by Crippen LogP contribution is -2.32. The lowest BCUT2D eigenvalue weighted by Gasteiger charge is -2.19. The van der Waals surface area contributed by atoms with E-state index in [9.17, 15) is 22.8 Å². The van der Waals surface area contributed by atoms with E-state index < -0.39 is 29.5 Å². The molecule has 0 saturated heterocycles. The summed E-state index contributed by atoms with van der Waals surface area (Å²) in [6, 6.07) is 11.0. The highest BCUT2D eigenvalue weighted by atomic mass is 32.1. The van der Waals surface area contributed by atoms with Crippen LogP contribution in [-0.2, 0) is 28.7 Å². The lowest BCUT2D eigenvalue weighted by molar-refractivity contribution is -0.137. The van der Waals surface area contributed by atoms with Crippen molar-refractivity contribution in [2.24, 2.45) is 0 Å². The molecule has 0 radical (unpaired) electrons. The second kappa shape index (κ2) is 13.1. The molecule has 0 bridgehead atoms. The molecule has 11 heteroatoms. The minimum Gasteiger partial charge on any atom is -0.444 e. The first-order valence-electron chi connectivity index (χ1n) is 13.8. The van der Waals surface area contributed by atoms with Gasteiger partial charge in [0.1, 0.15) is 15.6 Å². The maximum atomic E-state index is 13.8. The molecule has 224 valence electrons. The van der Waals surface area contributed by atoms with Gasteiger partial charge in [-0.15, -0.1) is 10.2 Å². The minimum absolute atomic E-state index is 0.263. The van der Waals surface area contributed by atoms with Gasteiger partial charge in [0, 0.05) is 19.0 Å². The van der Waals surface area contributed by atoms with Gasteiger partial charge in [-0.05, 0) is 93.3 Å². The Balaban J connectivity index is 1.53. The van der Waals surface area contributed by atoms with Crippen molar-refractivity contribution in [3.05, 3.63) is 75.8 Å². The van der Waals surface area contributed by atoms with Gasteiger partial charge < -0.3 is 15.4 Å². The number of nitrogens with zero attached hydrogens (tertiary/aromatic N) is 2. The Labute approximate surface area is 247 Å². The molecule has 2 aromatic carbocycles. The summed E-state index contributed by atoms with van der Waals surface area (Å²) in [7, 11) is 0. The number of ether oxygens (including phenoxy) is 1. The zero-order valence-electron chi connectivity index (χ0n) is 24.1. The number of carbonyl (C=O) groups is 2. The van der Waals surface area contributed by atoms with Crippen molar-refractivity contribution >= 4 is 28.9 Å². The quantitative estimate of drug-likeness (QED) is 0.277. The number of allylic oxidation sites excluding steroid dienone is 2. The molecular weight excluding hydrogens is 565 g/mol. The van der Waals surface area contributed by atoms with Crippen LogP contribution in [-0.4, -0.2) is 27.8 Å². The van der Waals surface area contributed by atoms with Crippen LogP contribution in [0.25, 0.3) is 16.1 Å². The van der Waals surface area contributed by atoms with E-state index in [1.807, 2.05) is 30.3 Å². The number of alkyl halides is 3. The predicted molar refractivity (Wildman–Crippen MR) is 157 cm³/mol. The molecule has 4 rings (SSSR count).